The Balaban J connectivity index is 2.29. The van der Waals surface area contributed by atoms with Gasteiger partial charge in [0.05, 0.1) is 5.52 Å². The lowest BCUT2D eigenvalue weighted by Gasteiger charge is -2.07. The average Bonchev–Trinajstić information content (AvgIpc) is 2.92. The minimum Gasteiger partial charge on any atom is -0.506 e. The van der Waals surface area contributed by atoms with E-state index in [1.807, 2.05) is 19.1 Å². The summed E-state index contributed by atoms with van der Waals surface area (Å²) >= 11 is 6.02. The minimum atomic E-state index is 0.280. The number of allylic oxidation sites excluding steroid dienone is 1. The van der Waals surface area contributed by atoms with Crippen LogP contribution < -0.4 is 5.32 Å². The molecule has 18 heavy (non-hydrogen) atoms. The summed E-state index contributed by atoms with van der Waals surface area (Å²) in [7, 11) is 0. The van der Waals surface area contributed by atoms with E-state index in [0.717, 1.165) is 28.8 Å². The molecule has 0 fully saturated rings. The Hall–Kier alpha value is -1.61. The highest BCUT2D eigenvalue weighted by Crippen LogP contribution is 2.42. The third-order valence-corrected chi connectivity index (χ3v) is 3.81. The molecule has 0 bridgehead atoms. The van der Waals surface area contributed by atoms with Crippen LogP contribution in [-0.4, -0.2) is 22.5 Å². The number of H-pyrrole nitrogens is 1. The van der Waals surface area contributed by atoms with Crippen LogP contribution in [0.3, 0.4) is 0 Å². The Bertz CT molecular complexity index is 630. The number of benzene rings is 1. The zero-order valence-electron chi connectivity index (χ0n) is 10.1. The number of halogens is 1. The van der Waals surface area contributed by atoms with Gasteiger partial charge in [-0.1, -0.05) is 6.08 Å². The fraction of sp³-hybridized carbons (Fsp3) is 0.286. The summed E-state index contributed by atoms with van der Waals surface area (Å²) in [5.74, 6) is 1.17. The number of rotatable bonds is 2. The van der Waals surface area contributed by atoms with Gasteiger partial charge in [-0.3, -0.25) is 0 Å². The van der Waals surface area contributed by atoms with Crippen molar-refractivity contribution in [3.8, 4) is 5.75 Å². The van der Waals surface area contributed by atoms with Crippen LogP contribution in [0.4, 0.5) is 5.69 Å². The Kier molecular flexibility index (Phi) is 2.71. The summed E-state index contributed by atoms with van der Waals surface area (Å²) in [6.07, 6.45) is 3.96. The predicted octanol–water partition coefficient (Wildman–Crippen LogP) is 3.65. The summed E-state index contributed by atoms with van der Waals surface area (Å²) in [5, 5.41) is 14.4. The fourth-order valence-electron chi connectivity index (χ4n) is 2.64. The molecule has 3 rings (SSSR count). The van der Waals surface area contributed by atoms with Gasteiger partial charge in [-0.15, -0.1) is 11.6 Å². The molecular formula is C14H15ClN2O. The fourth-order valence-corrected chi connectivity index (χ4v) is 2.91. The molecule has 1 atom stereocenters. The molecule has 2 heterocycles. The summed E-state index contributed by atoms with van der Waals surface area (Å²) in [6.45, 7) is 2.81. The lowest BCUT2D eigenvalue weighted by Crippen LogP contribution is -2.02. The number of hydrogen-bond donors (Lipinski definition) is 3. The van der Waals surface area contributed by atoms with Gasteiger partial charge in [-0.25, -0.2) is 0 Å². The number of hydrogen-bond acceptors (Lipinski definition) is 2. The Labute approximate surface area is 110 Å². The van der Waals surface area contributed by atoms with E-state index in [2.05, 4.69) is 16.4 Å². The highest BCUT2D eigenvalue weighted by molar-refractivity contribution is 6.18. The maximum atomic E-state index is 10.0. The van der Waals surface area contributed by atoms with Crippen LogP contribution in [0, 0.1) is 0 Å². The minimum absolute atomic E-state index is 0.280. The van der Waals surface area contributed by atoms with Crippen molar-refractivity contribution >= 4 is 34.3 Å². The van der Waals surface area contributed by atoms with E-state index in [-0.39, 0.29) is 5.75 Å². The first-order valence-corrected chi connectivity index (χ1v) is 6.59. The quantitative estimate of drug-likeness (QED) is 0.724. The van der Waals surface area contributed by atoms with E-state index < -0.39 is 0 Å². The lowest BCUT2D eigenvalue weighted by atomic mass is 9.98. The van der Waals surface area contributed by atoms with Crippen molar-refractivity contribution in [1.29, 1.82) is 0 Å². The third-order valence-electron chi connectivity index (χ3n) is 3.44. The van der Waals surface area contributed by atoms with E-state index in [1.165, 1.54) is 5.56 Å². The maximum Gasteiger partial charge on any atom is 0.141 e. The van der Waals surface area contributed by atoms with Crippen molar-refractivity contribution in [3.63, 3.8) is 0 Å². The van der Waals surface area contributed by atoms with Gasteiger partial charge in [0.15, 0.2) is 0 Å². The van der Waals surface area contributed by atoms with Crippen LogP contribution in [0.25, 0.3) is 17.0 Å². The molecule has 1 unspecified atom stereocenters. The van der Waals surface area contributed by atoms with E-state index in [0.29, 0.717) is 11.8 Å². The molecular weight excluding hydrogens is 248 g/mol. The van der Waals surface area contributed by atoms with Crippen LogP contribution in [0.1, 0.15) is 24.1 Å². The molecule has 1 aliphatic heterocycles. The van der Waals surface area contributed by atoms with Crippen LogP contribution in [0.15, 0.2) is 18.2 Å². The molecule has 4 heteroatoms. The highest BCUT2D eigenvalue weighted by atomic mass is 35.5. The first-order valence-electron chi connectivity index (χ1n) is 6.05. The Morgan fingerprint density at radius 2 is 2.33 bits per heavy atom. The number of phenols is 1. The van der Waals surface area contributed by atoms with Crippen molar-refractivity contribution in [2.45, 2.75) is 12.8 Å². The van der Waals surface area contributed by atoms with Gasteiger partial charge in [-0.05, 0) is 24.6 Å². The zero-order valence-corrected chi connectivity index (χ0v) is 10.9. The summed E-state index contributed by atoms with van der Waals surface area (Å²) in [6, 6.07) is 3.85. The summed E-state index contributed by atoms with van der Waals surface area (Å²) in [4.78, 5) is 3.23. The van der Waals surface area contributed by atoms with Crippen molar-refractivity contribution in [2.24, 2.45) is 0 Å². The number of aromatic amines is 1. The highest BCUT2D eigenvalue weighted by Gasteiger charge is 2.26. The SMILES string of the molecule is C/C=C/c1cc2c3c(cc(O)c2[nH]1)NCC3CCl. The van der Waals surface area contributed by atoms with Crippen molar-refractivity contribution < 1.29 is 5.11 Å². The number of aromatic hydroxyl groups is 1. The second kappa shape index (κ2) is 4.25. The lowest BCUT2D eigenvalue weighted by molar-refractivity contribution is 0.481. The standard InChI is InChI=1S/C14H15ClN2O/c1-2-3-9-4-10-13-8(6-15)7-16-11(13)5-12(18)14(10)17-9/h2-5,8,16-18H,6-7H2,1H3/b3-2+. The van der Waals surface area contributed by atoms with Gasteiger partial charge < -0.3 is 15.4 Å². The molecule has 0 spiro atoms. The molecule has 3 nitrogen and oxygen atoms in total. The Morgan fingerprint density at radius 3 is 3.06 bits per heavy atom. The number of phenolic OH excluding ortho intramolecular Hbond substituents is 1. The number of anilines is 1. The summed E-state index contributed by atoms with van der Waals surface area (Å²) < 4.78 is 0. The molecule has 1 aromatic carbocycles. The first-order chi connectivity index (χ1) is 8.74. The monoisotopic (exact) mass is 262 g/mol. The maximum absolute atomic E-state index is 10.0. The smallest absolute Gasteiger partial charge is 0.141 e. The Morgan fingerprint density at radius 1 is 1.50 bits per heavy atom. The molecule has 1 aliphatic rings. The first kappa shape index (κ1) is 11.5. The van der Waals surface area contributed by atoms with Gasteiger partial charge >= 0.3 is 0 Å². The molecule has 3 N–H and O–H groups in total. The van der Waals surface area contributed by atoms with Crippen LogP contribution >= 0.6 is 11.6 Å². The van der Waals surface area contributed by atoms with E-state index >= 15 is 0 Å². The number of aromatic nitrogens is 1. The number of alkyl halides is 1. The van der Waals surface area contributed by atoms with Crippen molar-refractivity contribution in [2.75, 3.05) is 17.7 Å². The summed E-state index contributed by atoms with van der Waals surface area (Å²) in [5.41, 5.74) is 4.00. The van der Waals surface area contributed by atoms with Gasteiger partial charge in [0.25, 0.3) is 0 Å². The van der Waals surface area contributed by atoms with Crippen LogP contribution in [0.5, 0.6) is 5.75 Å². The molecule has 94 valence electrons. The van der Waals surface area contributed by atoms with Gasteiger partial charge in [0.1, 0.15) is 5.75 Å². The predicted molar refractivity (Wildman–Crippen MR) is 76.6 cm³/mol. The van der Waals surface area contributed by atoms with Crippen LogP contribution in [0.2, 0.25) is 0 Å². The topological polar surface area (TPSA) is 48.0 Å². The van der Waals surface area contributed by atoms with Gasteiger partial charge in [0, 0.05) is 41.2 Å². The number of nitrogens with one attached hydrogen (secondary N) is 2. The molecule has 0 amide bonds. The van der Waals surface area contributed by atoms with E-state index in [1.54, 1.807) is 6.07 Å². The largest absolute Gasteiger partial charge is 0.506 e. The molecule has 0 saturated carbocycles. The molecule has 2 aromatic rings. The molecule has 0 aliphatic carbocycles. The van der Waals surface area contributed by atoms with Crippen LogP contribution in [-0.2, 0) is 0 Å². The molecule has 0 saturated heterocycles. The second-order valence-electron chi connectivity index (χ2n) is 4.60. The second-order valence-corrected chi connectivity index (χ2v) is 4.91. The van der Waals surface area contributed by atoms with Gasteiger partial charge in [-0.2, -0.15) is 0 Å². The van der Waals surface area contributed by atoms with Gasteiger partial charge in [0.2, 0.25) is 0 Å². The third kappa shape index (κ3) is 1.58. The molecule has 0 radical (unpaired) electrons. The van der Waals surface area contributed by atoms with Crippen molar-refractivity contribution in [1.82, 2.24) is 4.98 Å². The van der Waals surface area contributed by atoms with E-state index in [4.69, 9.17) is 11.6 Å². The van der Waals surface area contributed by atoms with E-state index in [9.17, 15) is 5.11 Å². The normalized spacial score (nSPS) is 18.4. The molecule has 1 aromatic heterocycles. The van der Waals surface area contributed by atoms with Crippen molar-refractivity contribution in [3.05, 3.63) is 29.5 Å². The number of fused-ring (bicyclic) bond motifs is 3. The zero-order chi connectivity index (χ0) is 12.7. The average molecular weight is 263 g/mol.